The Balaban J connectivity index is 1.97. The van der Waals surface area contributed by atoms with Gasteiger partial charge in [0, 0.05) is 10.6 Å². The van der Waals surface area contributed by atoms with Gasteiger partial charge in [0.1, 0.15) is 5.71 Å². The van der Waals surface area contributed by atoms with Crippen LogP contribution in [0.3, 0.4) is 0 Å². The van der Waals surface area contributed by atoms with Crippen LogP contribution in [0.4, 0.5) is 0 Å². The third-order valence-electron chi connectivity index (χ3n) is 3.99. The van der Waals surface area contributed by atoms with Crippen LogP contribution in [0, 0.1) is 0 Å². The summed E-state index contributed by atoms with van der Waals surface area (Å²) in [5, 5.41) is 4.74. The Kier molecular flexibility index (Phi) is 5.14. The van der Waals surface area contributed by atoms with Gasteiger partial charge < -0.3 is 4.74 Å². The van der Waals surface area contributed by atoms with Gasteiger partial charge >= 0.3 is 5.97 Å². The average molecular weight is 357 g/mol. The highest BCUT2D eigenvalue weighted by Gasteiger charge is 2.41. The van der Waals surface area contributed by atoms with Crippen molar-refractivity contribution in [2.75, 3.05) is 6.61 Å². The van der Waals surface area contributed by atoms with Crippen molar-refractivity contribution in [1.82, 2.24) is 5.43 Å². The van der Waals surface area contributed by atoms with Crippen LogP contribution < -0.4 is 5.43 Å². The van der Waals surface area contributed by atoms with Gasteiger partial charge in [-0.05, 0) is 24.6 Å². The smallest absolute Gasteiger partial charge is 0.331 e. The van der Waals surface area contributed by atoms with Crippen LogP contribution in [0.1, 0.15) is 28.8 Å². The van der Waals surface area contributed by atoms with Gasteiger partial charge in [-0.15, -0.1) is 0 Å². The van der Waals surface area contributed by atoms with E-state index >= 15 is 0 Å². The van der Waals surface area contributed by atoms with E-state index in [9.17, 15) is 9.59 Å². The van der Waals surface area contributed by atoms with Crippen molar-refractivity contribution in [2.45, 2.75) is 18.9 Å². The Morgan fingerprint density at radius 1 is 1.12 bits per heavy atom. The minimum atomic E-state index is -0.746. The predicted octanol–water partition coefficient (Wildman–Crippen LogP) is 3.20. The number of nitrogens with one attached hydrogen (secondary N) is 1. The molecule has 0 saturated heterocycles. The highest BCUT2D eigenvalue weighted by molar-refractivity contribution is 6.48. The molecule has 128 valence electrons. The van der Waals surface area contributed by atoms with E-state index in [1.165, 1.54) is 0 Å². The second-order valence-electron chi connectivity index (χ2n) is 5.58. The minimum absolute atomic E-state index is 0.222. The van der Waals surface area contributed by atoms with Gasteiger partial charge in [-0.1, -0.05) is 54.1 Å². The van der Waals surface area contributed by atoms with E-state index in [0.29, 0.717) is 10.6 Å². The largest absolute Gasteiger partial charge is 0.464 e. The molecule has 6 heteroatoms. The second kappa shape index (κ2) is 7.49. The van der Waals surface area contributed by atoms with Gasteiger partial charge in [0.05, 0.1) is 12.5 Å². The van der Waals surface area contributed by atoms with Crippen LogP contribution in [0.25, 0.3) is 0 Å². The normalized spacial score (nSPS) is 19.0. The molecule has 25 heavy (non-hydrogen) atoms. The summed E-state index contributed by atoms with van der Waals surface area (Å²) in [7, 11) is 0. The number of carbonyl (C=O) groups excluding carboxylic acids is 2. The second-order valence-corrected chi connectivity index (χ2v) is 6.02. The summed E-state index contributed by atoms with van der Waals surface area (Å²) in [4.78, 5) is 25.2. The van der Waals surface area contributed by atoms with E-state index in [1.807, 2.05) is 6.07 Å². The number of ether oxygens (including phenoxy) is 1. The zero-order valence-corrected chi connectivity index (χ0v) is 14.4. The van der Waals surface area contributed by atoms with Crippen molar-refractivity contribution in [2.24, 2.45) is 5.10 Å². The standard InChI is InChI=1S/C19H17ClN2O3/c1-2-25-19(24)17-15(12-8-10-14(20)11-9-12)16(21-22-17)18(23)13-6-4-3-5-7-13/h3-11,15,17,22H,2H2,1H3/t15-,17+/m1/s1. The molecule has 0 aliphatic carbocycles. The molecule has 1 aliphatic heterocycles. The number of esters is 1. The highest BCUT2D eigenvalue weighted by Crippen LogP contribution is 2.29. The van der Waals surface area contributed by atoms with Crippen LogP contribution in [0.2, 0.25) is 5.02 Å². The monoisotopic (exact) mass is 356 g/mol. The molecule has 0 bridgehead atoms. The van der Waals surface area contributed by atoms with E-state index in [4.69, 9.17) is 16.3 Å². The summed E-state index contributed by atoms with van der Waals surface area (Å²) < 4.78 is 5.12. The fourth-order valence-electron chi connectivity index (χ4n) is 2.81. The molecule has 2 atom stereocenters. The first-order chi connectivity index (χ1) is 12.1. The third-order valence-corrected chi connectivity index (χ3v) is 4.24. The van der Waals surface area contributed by atoms with Crippen molar-refractivity contribution in [3.05, 3.63) is 70.7 Å². The van der Waals surface area contributed by atoms with Gasteiger partial charge in [-0.2, -0.15) is 5.10 Å². The summed E-state index contributed by atoms with van der Waals surface area (Å²) in [5.74, 6) is -1.20. The lowest BCUT2D eigenvalue weighted by Gasteiger charge is -2.19. The molecule has 0 unspecified atom stereocenters. The lowest BCUT2D eigenvalue weighted by molar-refractivity contribution is -0.145. The number of ketones is 1. The van der Waals surface area contributed by atoms with Gasteiger partial charge in [0.2, 0.25) is 5.78 Å². The maximum absolute atomic E-state index is 12.9. The number of Topliss-reactive ketones (excluding diaryl/α,β-unsaturated/α-hetero) is 1. The molecule has 5 nitrogen and oxygen atoms in total. The molecular weight excluding hydrogens is 340 g/mol. The van der Waals surface area contributed by atoms with Gasteiger partial charge in [0.25, 0.3) is 0 Å². The van der Waals surface area contributed by atoms with Crippen LogP contribution in [0.15, 0.2) is 59.7 Å². The maximum atomic E-state index is 12.9. The Bertz CT molecular complexity index is 803. The van der Waals surface area contributed by atoms with Crippen LogP contribution >= 0.6 is 11.6 Å². The molecule has 0 spiro atoms. The first-order valence-electron chi connectivity index (χ1n) is 7.96. The summed E-state index contributed by atoms with van der Waals surface area (Å²) in [6.07, 6.45) is 0. The van der Waals surface area contributed by atoms with Crippen molar-refractivity contribution < 1.29 is 14.3 Å². The quantitative estimate of drug-likeness (QED) is 0.660. The molecule has 2 aromatic rings. The first-order valence-corrected chi connectivity index (χ1v) is 8.34. The fraction of sp³-hybridized carbons (Fsp3) is 0.211. The molecule has 0 radical (unpaired) electrons. The summed E-state index contributed by atoms with van der Waals surface area (Å²) in [5.41, 5.74) is 4.34. The lowest BCUT2D eigenvalue weighted by atomic mass is 9.85. The molecule has 0 amide bonds. The topological polar surface area (TPSA) is 67.8 Å². The van der Waals surface area contributed by atoms with Gasteiger partial charge in [0.15, 0.2) is 6.04 Å². The first kappa shape index (κ1) is 17.2. The molecule has 0 aromatic heterocycles. The number of nitrogens with zero attached hydrogens (tertiary/aromatic N) is 1. The van der Waals surface area contributed by atoms with Crippen molar-refractivity contribution in [3.8, 4) is 0 Å². The molecule has 0 fully saturated rings. The van der Waals surface area contributed by atoms with Crippen molar-refractivity contribution >= 4 is 29.1 Å². The van der Waals surface area contributed by atoms with E-state index in [1.54, 1.807) is 55.5 Å². The van der Waals surface area contributed by atoms with E-state index < -0.39 is 17.9 Å². The number of carbonyl (C=O) groups is 2. The molecule has 3 rings (SSSR count). The van der Waals surface area contributed by atoms with E-state index in [2.05, 4.69) is 10.5 Å². The summed E-state index contributed by atoms with van der Waals surface area (Å²) in [6, 6.07) is 15.1. The maximum Gasteiger partial charge on any atom is 0.331 e. The van der Waals surface area contributed by atoms with E-state index in [-0.39, 0.29) is 18.1 Å². The zero-order chi connectivity index (χ0) is 17.8. The Morgan fingerprint density at radius 2 is 1.80 bits per heavy atom. The molecule has 1 N–H and O–H groups in total. The summed E-state index contributed by atoms with van der Waals surface area (Å²) in [6.45, 7) is 1.99. The zero-order valence-electron chi connectivity index (χ0n) is 13.6. The molecule has 1 aliphatic rings. The number of halogens is 1. The fourth-order valence-corrected chi connectivity index (χ4v) is 2.94. The Morgan fingerprint density at radius 3 is 2.44 bits per heavy atom. The highest BCUT2D eigenvalue weighted by atomic mass is 35.5. The SMILES string of the molecule is CCOC(=O)[C@H]1NN=C(C(=O)c2ccccc2)[C@H]1c1ccc(Cl)cc1. The van der Waals surface area contributed by atoms with E-state index in [0.717, 1.165) is 5.56 Å². The summed E-state index contributed by atoms with van der Waals surface area (Å²) >= 11 is 5.96. The van der Waals surface area contributed by atoms with Gasteiger partial charge in [-0.25, -0.2) is 4.79 Å². The minimum Gasteiger partial charge on any atom is -0.464 e. The number of hydrogen-bond donors (Lipinski definition) is 1. The number of benzene rings is 2. The Hall–Kier alpha value is -2.66. The number of rotatable bonds is 5. The van der Waals surface area contributed by atoms with Crippen molar-refractivity contribution in [1.29, 1.82) is 0 Å². The third kappa shape index (κ3) is 3.56. The number of hydrazone groups is 1. The number of hydrogen-bond acceptors (Lipinski definition) is 5. The van der Waals surface area contributed by atoms with Crippen LogP contribution in [-0.4, -0.2) is 30.1 Å². The van der Waals surface area contributed by atoms with Crippen LogP contribution in [0.5, 0.6) is 0 Å². The molecular formula is C19H17ClN2O3. The predicted molar refractivity (Wildman–Crippen MR) is 96.0 cm³/mol. The average Bonchev–Trinajstić information content (AvgIpc) is 3.08. The molecule has 0 saturated carbocycles. The van der Waals surface area contributed by atoms with Gasteiger partial charge in [-0.3, -0.25) is 10.2 Å². The molecule has 2 aromatic carbocycles. The van der Waals surface area contributed by atoms with Crippen molar-refractivity contribution in [3.63, 3.8) is 0 Å². The Labute approximate surface area is 150 Å². The lowest BCUT2D eigenvalue weighted by Crippen LogP contribution is -2.38. The van der Waals surface area contributed by atoms with Crippen LogP contribution in [-0.2, 0) is 9.53 Å². The molecule has 1 heterocycles.